The summed E-state index contributed by atoms with van der Waals surface area (Å²) in [6.07, 6.45) is 4.66. The molecule has 8 heteroatoms. The Bertz CT molecular complexity index is 1470. The number of furan rings is 1. The van der Waals surface area contributed by atoms with Gasteiger partial charge >= 0.3 is 0 Å². The molecule has 0 aliphatic carbocycles. The predicted octanol–water partition coefficient (Wildman–Crippen LogP) is 5.35. The summed E-state index contributed by atoms with van der Waals surface area (Å²) >= 11 is 5.24. The van der Waals surface area contributed by atoms with Crippen LogP contribution in [-0.4, -0.2) is 21.0 Å². The molecule has 2 aromatic carbocycles. The number of thiocarbonyl (C=S) groups is 1. The van der Waals surface area contributed by atoms with Gasteiger partial charge in [-0.15, -0.1) is 0 Å². The number of pyridine rings is 1. The summed E-state index contributed by atoms with van der Waals surface area (Å²) in [5.74, 6) is 1.48. The molecule has 0 atom stereocenters. The van der Waals surface area contributed by atoms with Crippen molar-refractivity contribution in [2.45, 2.75) is 6.54 Å². The molecule has 0 aliphatic rings. The third kappa shape index (κ3) is 5.51. The normalized spacial score (nSPS) is 11.1. The molecule has 5 aromatic rings. The smallest absolute Gasteiger partial charge is 0.250 e. The summed E-state index contributed by atoms with van der Waals surface area (Å²) in [5, 5.41) is 5.89. The topological polar surface area (TPSA) is 93.2 Å². The third-order valence-electron chi connectivity index (χ3n) is 5.14. The van der Waals surface area contributed by atoms with Crippen molar-refractivity contribution in [3.63, 3.8) is 0 Å². The fourth-order valence-corrected chi connectivity index (χ4v) is 3.57. The van der Waals surface area contributed by atoms with Crippen molar-refractivity contribution >= 4 is 40.5 Å². The zero-order valence-corrected chi connectivity index (χ0v) is 19.3. The monoisotopic (exact) mass is 480 g/mol. The Morgan fingerprint density at radius 2 is 1.74 bits per heavy atom. The third-order valence-corrected chi connectivity index (χ3v) is 5.39. The predicted molar refractivity (Wildman–Crippen MR) is 138 cm³/mol. The highest BCUT2D eigenvalue weighted by Gasteiger charge is 2.09. The zero-order valence-electron chi connectivity index (χ0n) is 18.5. The van der Waals surface area contributed by atoms with E-state index >= 15 is 0 Å². The van der Waals surface area contributed by atoms with E-state index in [9.17, 15) is 4.79 Å². The van der Waals surface area contributed by atoms with Crippen molar-refractivity contribution in [3.8, 4) is 22.8 Å². The van der Waals surface area contributed by atoms with Crippen LogP contribution in [0.3, 0.4) is 0 Å². The molecule has 1 amide bonds. The molecule has 35 heavy (non-hydrogen) atoms. The number of oxazole rings is 1. The van der Waals surface area contributed by atoms with E-state index in [-0.39, 0.29) is 11.0 Å². The molecule has 0 saturated carbocycles. The fourth-order valence-electron chi connectivity index (χ4n) is 3.40. The Morgan fingerprint density at radius 1 is 0.914 bits per heavy atom. The fraction of sp³-hybridized carbons (Fsp3) is 0.0370. The maximum atomic E-state index is 12.2. The summed E-state index contributed by atoms with van der Waals surface area (Å²) in [5.41, 5.74) is 4.03. The van der Waals surface area contributed by atoms with Crippen LogP contribution < -0.4 is 10.6 Å². The maximum absolute atomic E-state index is 12.2. The van der Waals surface area contributed by atoms with Gasteiger partial charge in [-0.05, 0) is 60.3 Å². The molecule has 5 rings (SSSR count). The number of carbonyl (C=O) groups is 1. The summed E-state index contributed by atoms with van der Waals surface area (Å²) in [7, 11) is 0. The average Bonchev–Trinajstić information content (AvgIpc) is 3.54. The number of hydrogen-bond acceptors (Lipinski definition) is 6. The summed E-state index contributed by atoms with van der Waals surface area (Å²) < 4.78 is 11.5. The Balaban J connectivity index is 1.11. The first kappa shape index (κ1) is 22.2. The lowest BCUT2D eigenvalue weighted by Gasteiger charge is -2.08. The highest BCUT2D eigenvalue weighted by molar-refractivity contribution is 7.80. The second-order valence-electron chi connectivity index (χ2n) is 7.61. The van der Waals surface area contributed by atoms with Crippen LogP contribution >= 0.6 is 12.2 Å². The van der Waals surface area contributed by atoms with Crippen LogP contribution in [0.4, 0.5) is 0 Å². The molecule has 0 aliphatic heterocycles. The average molecular weight is 481 g/mol. The quantitative estimate of drug-likeness (QED) is 0.250. The first-order valence-corrected chi connectivity index (χ1v) is 11.3. The van der Waals surface area contributed by atoms with Crippen LogP contribution in [0.25, 0.3) is 40.1 Å². The van der Waals surface area contributed by atoms with Gasteiger partial charge in [0.05, 0.1) is 0 Å². The molecule has 0 spiro atoms. The number of carbonyl (C=O) groups excluding carboxylic acids is 1. The Morgan fingerprint density at radius 3 is 2.54 bits per heavy atom. The molecule has 7 nitrogen and oxygen atoms in total. The van der Waals surface area contributed by atoms with Crippen molar-refractivity contribution in [2.24, 2.45) is 0 Å². The SMILES string of the molecule is O=C(/C=C/c1ccc(-c2ccccc2)o1)NC(=S)NCc1ccc(-c2nc3ncccc3o2)cc1. The van der Waals surface area contributed by atoms with Gasteiger partial charge in [0, 0.05) is 29.9 Å². The number of benzene rings is 2. The van der Waals surface area contributed by atoms with Gasteiger partial charge < -0.3 is 14.2 Å². The van der Waals surface area contributed by atoms with E-state index in [1.807, 2.05) is 78.9 Å². The number of nitrogens with zero attached hydrogens (tertiary/aromatic N) is 2. The number of fused-ring (bicyclic) bond motifs is 1. The molecule has 3 aromatic heterocycles. The number of amides is 1. The van der Waals surface area contributed by atoms with Gasteiger partial charge in [0.25, 0.3) is 0 Å². The van der Waals surface area contributed by atoms with Crippen molar-refractivity contribution < 1.29 is 13.6 Å². The van der Waals surface area contributed by atoms with Gasteiger partial charge in [-0.3, -0.25) is 10.1 Å². The van der Waals surface area contributed by atoms with E-state index in [0.717, 1.165) is 22.5 Å². The van der Waals surface area contributed by atoms with Crippen LogP contribution in [0.15, 0.2) is 100.0 Å². The van der Waals surface area contributed by atoms with E-state index < -0.39 is 0 Å². The lowest BCUT2D eigenvalue weighted by Crippen LogP contribution is -2.37. The number of aromatic nitrogens is 2. The van der Waals surface area contributed by atoms with E-state index in [0.29, 0.717) is 29.4 Å². The van der Waals surface area contributed by atoms with Crippen molar-refractivity contribution in [3.05, 3.63) is 102 Å². The lowest BCUT2D eigenvalue weighted by atomic mass is 10.1. The minimum absolute atomic E-state index is 0.234. The number of hydrogen-bond donors (Lipinski definition) is 2. The number of rotatable bonds is 6. The zero-order chi connectivity index (χ0) is 24.0. The highest BCUT2D eigenvalue weighted by Crippen LogP contribution is 2.24. The van der Waals surface area contributed by atoms with Gasteiger partial charge in [0.1, 0.15) is 11.5 Å². The van der Waals surface area contributed by atoms with Crippen LogP contribution in [0.1, 0.15) is 11.3 Å². The van der Waals surface area contributed by atoms with E-state index in [1.165, 1.54) is 6.08 Å². The van der Waals surface area contributed by atoms with Gasteiger partial charge in [0.2, 0.25) is 11.8 Å². The molecule has 0 fully saturated rings. The van der Waals surface area contributed by atoms with Crippen molar-refractivity contribution in [2.75, 3.05) is 0 Å². The van der Waals surface area contributed by atoms with Gasteiger partial charge in [-0.2, -0.15) is 4.98 Å². The maximum Gasteiger partial charge on any atom is 0.250 e. The second kappa shape index (κ2) is 10.1. The van der Waals surface area contributed by atoms with Crippen LogP contribution in [0, 0.1) is 0 Å². The minimum Gasteiger partial charge on any atom is -0.457 e. The molecule has 172 valence electrons. The molecule has 0 bridgehead atoms. The van der Waals surface area contributed by atoms with Crippen LogP contribution in [-0.2, 0) is 11.3 Å². The molecule has 0 unspecified atom stereocenters. The standard InChI is InChI=1S/C27H20N4O3S/c32-24(15-13-21-12-14-22(33-21)19-5-2-1-3-6-19)30-27(35)29-17-18-8-10-20(11-9-18)26-31-25-23(34-26)7-4-16-28-25/h1-16H,17H2,(H2,29,30,32,35)/b15-13+. The van der Waals surface area contributed by atoms with E-state index in [2.05, 4.69) is 20.6 Å². The van der Waals surface area contributed by atoms with E-state index in [4.69, 9.17) is 21.1 Å². The second-order valence-corrected chi connectivity index (χ2v) is 8.02. The van der Waals surface area contributed by atoms with Crippen molar-refractivity contribution in [1.29, 1.82) is 0 Å². The van der Waals surface area contributed by atoms with E-state index in [1.54, 1.807) is 12.3 Å². The summed E-state index contributed by atoms with van der Waals surface area (Å²) in [6, 6.07) is 24.8. The number of nitrogens with one attached hydrogen (secondary N) is 2. The summed E-state index contributed by atoms with van der Waals surface area (Å²) in [4.78, 5) is 20.8. The Labute approximate surface area is 206 Å². The largest absolute Gasteiger partial charge is 0.457 e. The Kier molecular flexibility index (Phi) is 6.45. The van der Waals surface area contributed by atoms with Gasteiger partial charge in [-0.1, -0.05) is 42.5 Å². The minimum atomic E-state index is -0.347. The molecule has 0 saturated heterocycles. The van der Waals surface area contributed by atoms with Gasteiger partial charge in [-0.25, -0.2) is 4.98 Å². The Hall–Kier alpha value is -4.56. The summed E-state index contributed by atoms with van der Waals surface area (Å²) in [6.45, 7) is 0.455. The van der Waals surface area contributed by atoms with Crippen LogP contribution in [0.2, 0.25) is 0 Å². The lowest BCUT2D eigenvalue weighted by molar-refractivity contribution is -0.115. The van der Waals surface area contributed by atoms with Crippen LogP contribution in [0.5, 0.6) is 0 Å². The van der Waals surface area contributed by atoms with Gasteiger partial charge in [0.15, 0.2) is 16.3 Å². The highest BCUT2D eigenvalue weighted by atomic mass is 32.1. The first-order chi connectivity index (χ1) is 17.1. The van der Waals surface area contributed by atoms with Crippen molar-refractivity contribution in [1.82, 2.24) is 20.6 Å². The molecule has 0 radical (unpaired) electrons. The molecule has 2 N–H and O–H groups in total. The molecular formula is C27H20N4O3S. The molecule has 3 heterocycles. The molecular weight excluding hydrogens is 460 g/mol. The first-order valence-electron chi connectivity index (χ1n) is 10.9.